The van der Waals surface area contributed by atoms with Gasteiger partial charge in [0.1, 0.15) is 11.2 Å². The predicted molar refractivity (Wildman–Crippen MR) is 139 cm³/mol. The molecule has 6 nitrogen and oxygen atoms in total. The number of urea groups is 1. The van der Waals surface area contributed by atoms with Crippen LogP contribution in [0, 0.1) is 5.82 Å². The Morgan fingerprint density at radius 2 is 1.83 bits per heavy atom. The van der Waals surface area contributed by atoms with Gasteiger partial charge in [-0.3, -0.25) is 0 Å². The van der Waals surface area contributed by atoms with Crippen LogP contribution in [0.2, 0.25) is 0 Å². The Morgan fingerprint density at radius 3 is 2.60 bits per heavy atom. The topological polar surface area (TPSA) is 51.7 Å². The summed E-state index contributed by atoms with van der Waals surface area (Å²) in [7, 11) is 4.27. The summed E-state index contributed by atoms with van der Waals surface area (Å²) in [5.41, 5.74) is 3.39. The molecule has 2 amide bonds. The van der Waals surface area contributed by atoms with Gasteiger partial charge in [-0.25, -0.2) is 18.6 Å². The minimum atomic E-state index is -1.43. The molecule has 0 saturated carbocycles. The largest absolute Gasteiger partial charge is 0.373 e. The van der Waals surface area contributed by atoms with Crippen molar-refractivity contribution in [2.24, 2.45) is 0 Å². The van der Waals surface area contributed by atoms with Crippen molar-refractivity contribution in [2.75, 3.05) is 48.3 Å². The fourth-order valence-corrected chi connectivity index (χ4v) is 5.10. The van der Waals surface area contributed by atoms with Gasteiger partial charge in [-0.2, -0.15) is 0 Å². The zero-order valence-corrected chi connectivity index (χ0v) is 20.7. The summed E-state index contributed by atoms with van der Waals surface area (Å²) < 4.78 is 29.5. The van der Waals surface area contributed by atoms with Crippen molar-refractivity contribution < 1.29 is 13.6 Å². The van der Waals surface area contributed by atoms with Gasteiger partial charge < -0.3 is 20.0 Å². The zero-order valence-electron chi connectivity index (χ0n) is 19.5. The first-order valence-corrected chi connectivity index (χ1v) is 12.2. The predicted octanol–water partition coefficient (Wildman–Crippen LogP) is 5.12. The summed E-state index contributed by atoms with van der Waals surface area (Å²) in [4.78, 5) is 23.7. The van der Waals surface area contributed by atoms with Gasteiger partial charge >= 0.3 is 6.03 Å². The number of alkyl halides is 1. The first-order chi connectivity index (χ1) is 16.8. The molecule has 2 aliphatic rings. The molecule has 5 rings (SSSR count). The number of nitrogens with one attached hydrogen (secondary N) is 1. The fraction of sp³-hybridized carbons (Fsp3) is 0.308. The Hall–Kier alpha value is -3.25. The molecule has 0 aliphatic carbocycles. The van der Waals surface area contributed by atoms with Crippen LogP contribution < -0.4 is 15.1 Å². The third-order valence-corrected chi connectivity index (χ3v) is 7.11. The quantitative estimate of drug-likeness (QED) is 0.513. The number of rotatable bonds is 3. The summed E-state index contributed by atoms with van der Waals surface area (Å²) in [5, 5.41) is 1.59. The van der Waals surface area contributed by atoms with Crippen LogP contribution in [-0.4, -0.2) is 54.6 Å². The number of carbonyl (C=O) groups is 1. The molecule has 9 heteroatoms. The van der Waals surface area contributed by atoms with Gasteiger partial charge in [0.15, 0.2) is 5.82 Å². The first-order valence-electron chi connectivity index (χ1n) is 11.6. The first kappa shape index (κ1) is 23.5. The van der Waals surface area contributed by atoms with Crippen LogP contribution in [0.15, 0.2) is 60.8 Å². The summed E-state index contributed by atoms with van der Waals surface area (Å²) in [6.45, 7) is 2.20. The van der Waals surface area contributed by atoms with Gasteiger partial charge in [0.2, 0.25) is 0 Å². The monoisotopic (exact) mass is 495 g/mol. The Labute approximate surface area is 206 Å². The lowest BCUT2D eigenvalue weighted by atomic mass is 10.0. The Bertz CT molecular complexity index is 1250. The van der Waals surface area contributed by atoms with Crippen molar-refractivity contribution in [3.63, 3.8) is 0 Å². The van der Waals surface area contributed by atoms with Gasteiger partial charge in [-0.15, -0.1) is 0 Å². The van der Waals surface area contributed by atoms with E-state index in [0.29, 0.717) is 55.2 Å². The van der Waals surface area contributed by atoms with Crippen LogP contribution in [0.3, 0.4) is 0 Å². The number of hydrogen-bond acceptors (Lipinski definition) is 4. The highest BCUT2D eigenvalue weighted by molar-refractivity contribution is 7.18. The average molecular weight is 496 g/mol. The molecule has 1 fully saturated rings. The van der Waals surface area contributed by atoms with Crippen molar-refractivity contribution >= 4 is 32.5 Å². The maximum absolute atomic E-state index is 14.8. The van der Waals surface area contributed by atoms with Crippen molar-refractivity contribution in [1.82, 2.24) is 9.88 Å². The summed E-state index contributed by atoms with van der Waals surface area (Å²) in [6, 6.07) is 15.8. The second-order valence-corrected chi connectivity index (χ2v) is 10.2. The van der Waals surface area contributed by atoms with Gasteiger partial charge in [0, 0.05) is 62.7 Å². The van der Waals surface area contributed by atoms with Crippen molar-refractivity contribution in [3.05, 3.63) is 72.2 Å². The molecule has 2 aromatic carbocycles. The number of hydrogen-bond donors (Lipinski definition) is 1. The standard InChI is InChI=1S/C26H28F2N5OP/c1-31-14-15-32(16-18-6-2-5-9-22(18)31)25(34)30-23-20(19-7-3-4-8-21(19)27)10-12-29-24(23)33-13-11-26(28,35)17-33/h2-10,12H,11,13-17,35H2,1H3,(H,30,34). The van der Waals surface area contributed by atoms with Crippen LogP contribution in [0.4, 0.5) is 30.8 Å². The van der Waals surface area contributed by atoms with E-state index >= 15 is 0 Å². The normalized spacial score (nSPS) is 19.9. The van der Waals surface area contributed by atoms with E-state index < -0.39 is 11.2 Å². The van der Waals surface area contributed by atoms with E-state index in [1.165, 1.54) is 6.07 Å². The number of anilines is 3. The number of likely N-dealkylation sites (N-methyl/N-ethyl adjacent to an activating group) is 1. The lowest BCUT2D eigenvalue weighted by molar-refractivity contribution is 0.212. The number of pyridine rings is 1. The van der Waals surface area contributed by atoms with Crippen molar-refractivity contribution in [2.45, 2.75) is 18.4 Å². The molecule has 0 spiro atoms. The Kier molecular flexibility index (Phi) is 6.32. The maximum atomic E-state index is 14.8. The maximum Gasteiger partial charge on any atom is 0.322 e. The Morgan fingerprint density at radius 1 is 1.06 bits per heavy atom. The highest BCUT2D eigenvalue weighted by Crippen LogP contribution is 2.41. The number of amides is 2. The second kappa shape index (κ2) is 9.42. The lowest BCUT2D eigenvalue weighted by Gasteiger charge is -2.26. The van der Waals surface area contributed by atoms with Crippen molar-refractivity contribution in [3.8, 4) is 11.1 Å². The summed E-state index contributed by atoms with van der Waals surface area (Å²) >= 11 is 0. The molecule has 2 aliphatic heterocycles. The Balaban J connectivity index is 1.52. The van der Waals surface area contributed by atoms with Crippen LogP contribution in [0.1, 0.15) is 12.0 Å². The molecule has 3 heterocycles. The molecule has 1 saturated heterocycles. The zero-order chi connectivity index (χ0) is 24.6. The second-order valence-electron chi connectivity index (χ2n) is 9.15. The van der Waals surface area contributed by atoms with E-state index in [0.717, 1.165) is 11.3 Å². The minimum absolute atomic E-state index is 0.121. The molecule has 2 unspecified atom stereocenters. The van der Waals surface area contributed by atoms with Crippen LogP contribution in [-0.2, 0) is 6.54 Å². The van der Waals surface area contributed by atoms with Gasteiger partial charge in [-0.1, -0.05) is 45.6 Å². The third kappa shape index (κ3) is 4.80. The number of para-hydroxylation sites is 1. The third-order valence-electron chi connectivity index (χ3n) is 6.63. The lowest BCUT2D eigenvalue weighted by Crippen LogP contribution is -2.38. The molecule has 182 valence electrons. The van der Waals surface area contributed by atoms with Crippen LogP contribution in [0.5, 0.6) is 0 Å². The highest BCUT2D eigenvalue weighted by atomic mass is 31.0. The molecule has 3 aromatic rings. The van der Waals surface area contributed by atoms with Crippen LogP contribution >= 0.6 is 9.24 Å². The molecular formula is C26H28F2N5OP. The fourth-order valence-electron chi connectivity index (χ4n) is 4.75. The van der Waals surface area contributed by atoms with E-state index in [-0.39, 0.29) is 12.6 Å². The van der Waals surface area contributed by atoms with E-state index in [1.54, 1.807) is 40.3 Å². The van der Waals surface area contributed by atoms with Gasteiger partial charge in [0.25, 0.3) is 0 Å². The molecule has 0 radical (unpaired) electrons. The highest BCUT2D eigenvalue weighted by Gasteiger charge is 2.36. The number of halogens is 2. The molecule has 35 heavy (non-hydrogen) atoms. The summed E-state index contributed by atoms with van der Waals surface area (Å²) in [5.74, 6) is 0.0335. The molecule has 1 N–H and O–H groups in total. The van der Waals surface area contributed by atoms with Gasteiger partial charge in [-0.05, 0) is 23.8 Å². The van der Waals surface area contributed by atoms with Crippen LogP contribution in [0.25, 0.3) is 11.1 Å². The van der Waals surface area contributed by atoms with E-state index in [1.807, 2.05) is 31.3 Å². The minimum Gasteiger partial charge on any atom is -0.373 e. The number of nitrogens with zero attached hydrogens (tertiary/aromatic N) is 4. The summed E-state index contributed by atoms with van der Waals surface area (Å²) in [6.07, 6.45) is 1.90. The van der Waals surface area contributed by atoms with Crippen molar-refractivity contribution in [1.29, 1.82) is 0 Å². The number of carbonyl (C=O) groups excluding carboxylic acids is 1. The van der Waals surface area contributed by atoms with Gasteiger partial charge in [0.05, 0.1) is 12.2 Å². The van der Waals surface area contributed by atoms with E-state index in [4.69, 9.17) is 0 Å². The molecule has 0 bridgehead atoms. The molecular weight excluding hydrogens is 467 g/mol. The molecule has 2 atom stereocenters. The number of benzene rings is 2. The number of fused-ring (bicyclic) bond motifs is 1. The number of aromatic nitrogens is 1. The van der Waals surface area contributed by atoms with E-state index in [2.05, 4.69) is 24.4 Å². The smallest absolute Gasteiger partial charge is 0.322 e. The average Bonchev–Trinajstić information content (AvgIpc) is 3.12. The van der Waals surface area contributed by atoms with E-state index in [9.17, 15) is 13.6 Å². The SMILES string of the molecule is CN1CCN(C(=O)Nc2c(-c3ccccc3F)ccnc2N2CCC(F)(P)C2)Cc2ccccc21. The molecule has 1 aromatic heterocycles.